The molecule has 1 unspecified atom stereocenters. The highest BCUT2D eigenvalue weighted by Gasteiger charge is 2.24. The Labute approximate surface area is 112 Å². The summed E-state index contributed by atoms with van der Waals surface area (Å²) < 4.78 is 0. The standard InChI is InChI=1S/C14H16ClN3/c15-7-5-11-6-8-18(10-11)14-13-4-2-1-3-12(13)9-16-17-14/h1-4,9,11H,5-8,10H2. The Morgan fingerprint density at radius 3 is 3.11 bits per heavy atom. The zero-order valence-electron chi connectivity index (χ0n) is 10.2. The second-order valence-corrected chi connectivity index (χ2v) is 5.21. The summed E-state index contributed by atoms with van der Waals surface area (Å²) in [7, 11) is 0. The molecule has 2 aromatic rings. The van der Waals surface area contributed by atoms with Crippen LogP contribution in [-0.2, 0) is 0 Å². The van der Waals surface area contributed by atoms with E-state index in [1.54, 1.807) is 0 Å². The van der Waals surface area contributed by atoms with Gasteiger partial charge in [-0.1, -0.05) is 24.3 Å². The second kappa shape index (κ2) is 5.11. The molecule has 0 bridgehead atoms. The minimum atomic E-state index is 0.697. The van der Waals surface area contributed by atoms with E-state index < -0.39 is 0 Å². The van der Waals surface area contributed by atoms with Crippen molar-refractivity contribution in [1.29, 1.82) is 0 Å². The van der Waals surface area contributed by atoms with Gasteiger partial charge < -0.3 is 4.90 Å². The number of hydrogen-bond acceptors (Lipinski definition) is 3. The fraction of sp³-hybridized carbons (Fsp3) is 0.429. The molecule has 4 heteroatoms. The lowest BCUT2D eigenvalue weighted by atomic mass is 10.1. The van der Waals surface area contributed by atoms with Gasteiger partial charge in [0, 0.05) is 29.7 Å². The first-order valence-electron chi connectivity index (χ1n) is 6.40. The van der Waals surface area contributed by atoms with Gasteiger partial charge in [0.15, 0.2) is 5.82 Å². The molecule has 0 saturated carbocycles. The van der Waals surface area contributed by atoms with E-state index in [1.807, 2.05) is 12.3 Å². The van der Waals surface area contributed by atoms with Gasteiger partial charge in [0.25, 0.3) is 0 Å². The third-order valence-electron chi connectivity index (χ3n) is 3.65. The highest BCUT2D eigenvalue weighted by atomic mass is 35.5. The van der Waals surface area contributed by atoms with Crippen LogP contribution in [0, 0.1) is 5.92 Å². The van der Waals surface area contributed by atoms with Gasteiger partial charge in [-0.15, -0.1) is 16.7 Å². The number of halogens is 1. The molecular weight excluding hydrogens is 246 g/mol. The summed E-state index contributed by atoms with van der Waals surface area (Å²) in [6.07, 6.45) is 4.12. The van der Waals surface area contributed by atoms with E-state index in [2.05, 4.69) is 33.3 Å². The molecule has 18 heavy (non-hydrogen) atoms. The van der Waals surface area contributed by atoms with E-state index in [4.69, 9.17) is 11.6 Å². The summed E-state index contributed by atoms with van der Waals surface area (Å²) >= 11 is 5.82. The van der Waals surface area contributed by atoms with Crippen molar-refractivity contribution in [2.24, 2.45) is 5.92 Å². The average Bonchev–Trinajstić information content (AvgIpc) is 2.87. The zero-order chi connectivity index (χ0) is 12.4. The third kappa shape index (κ3) is 2.15. The molecule has 1 aliphatic rings. The normalized spacial score (nSPS) is 19.6. The molecule has 1 saturated heterocycles. The largest absolute Gasteiger partial charge is 0.354 e. The summed E-state index contributed by atoms with van der Waals surface area (Å²) in [5.74, 6) is 2.47. The Kier molecular flexibility index (Phi) is 3.33. The monoisotopic (exact) mass is 261 g/mol. The number of fused-ring (bicyclic) bond motifs is 1. The minimum Gasteiger partial charge on any atom is -0.354 e. The highest BCUT2D eigenvalue weighted by Crippen LogP contribution is 2.29. The molecule has 94 valence electrons. The Bertz CT molecular complexity index is 538. The number of anilines is 1. The van der Waals surface area contributed by atoms with Crippen LogP contribution in [0.25, 0.3) is 10.8 Å². The maximum absolute atomic E-state index is 5.82. The number of benzene rings is 1. The van der Waals surface area contributed by atoms with Crippen molar-refractivity contribution in [2.75, 3.05) is 23.9 Å². The lowest BCUT2D eigenvalue weighted by molar-refractivity contribution is 0.572. The van der Waals surface area contributed by atoms with Gasteiger partial charge in [-0.3, -0.25) is 0 Å². The van der Waals surface area contributed by atoms with Gasteiger partial charge in [-0.05, 0) is 18.8 Å². The van der Waals surface area contributed by atoms with Crippen molar-refractivity contribution < 1.29 is 0 Å². The van der Waals surface area contributed by atoms with Gasteiger partial charge in [0.05, 0.1) is 6.20 Å². The van der Waals surface area contributed by atoms with Crippen LogP contribution in [0.1, 0.15) is 12.8 Å². The molecule has 0 N–H and O–H groups in total. The van der Waals surface area contributed by atoms with E-state index in [1.165, 1.54) is 11.8 Å². The van der Waals surface area contributed by atoms with Crippen LogP contribution in [0.4, 0.5) is 5.82 Å². The first kappa shape index (κ1) is 11.7. The molecule has 0 aliphatic carbocycles. The van der Waals surface area contributed by atoms with Crippen molar-refractivity contribution >= 4 is 28.2 Å². The van der Waals surface area contributed by atoms with Gasteiger partial charge >= 0.3 is 0 Å². The van der Waals surface area contributed by atoms with Crippen LogP contribution in [0.15, 0.2) is 30.5 Å². The van der Waals surface area contributed by atoms with E-state index >= 15 is 0 Å². The molecule has 1 fully saturated rings. The number of nitrogens with zero attached hydrogens (tertiary/aromatic N) is 3. The van der Waals surface area contributed by atoms with Crippen molar-refractivity contribution in [3.63, 3.8) is 0 Å². The average molecular weight is 262 g/mol. The van der Waals surface area contributed by atoms with Crippen molar-refractivity contribution in [3.8, 4) is 0 Å². The van der Waals surface area contributed by atoms with Crippen molar-refractivity contribution in [1.82, 2.24) is 10.2 Å². The molecule has 0 spiro atoms. The molecule has 0 radical (unpaired) electrons. The molecule has 2 heterocycles. The topological polar surface area (TPSA) is 29.0 Å². The molecule has 3 rings (SSSR count). The molecule has 3 nitrogen and oxygen atoms in total. The van der Waals surface area contributed by atoms with Crippen LogP contribution in [0.3, 0.4) is 0 Å². The Morgan fingerprint density at radius 2 is 2.22 bits per heavy atom. The summed E-state index contributed by atoms with van der Waals surface area (Å²) in [4.78, 5) is 2.34. The molecule has 1 aromatic carbocycles. The predicted octanol–water partition coefficient (Wildman–Crippen LogP) is 3.09. The highest BCUT2D eigenvalue weighted by molar-refractivity contribution is 6.17. The molecule has 0 amide bonds. The molecule has 1 atom stereocenters. The van der Waals surface area contributed by atoms with Crippen LogP contribution < -0.4 is 4.90 Å². The fourth-order valence-electron chi connectivity index (χ4n) is 2.66. The number of aromatic nitrogens is 2. The predicted molar refractivity (Wildman–Crippen MR) is 75.2 cm³/mol. The fourth-order valence-corrected chi connectivity index (χ4v) is 2.97. The maximum Gasteiger partial charge on any atom is 0.159 e. The van der Waals surface area contributed by atoms with E-state index in [0.717, 1.165) is 36.6 Å². The molecular formula is C14H16ClN3. The second-order valence-electron chi connectivity index (χ2n) is 4.83. The summed E-state index contributed by atoms with van der Waals surface area (Å²) in [5.41, 5.74) is 0. The van der Waals surface area contributed by atoms with Gasteiger partial charge in [-0.25, -0.2) is 0 Å². The molecule has 1 aromatic heterocycles. The Morgan fingerprint density at radius 1 is 1.33 bits per heavy atom. The number of alkyl halides is 1. The summed E-state index contributed by atoms with van der Waals surface area (Å²) in [6, 6.07) is 8.29. The quantitative estimate of drug-likeness (QED) is 0.795. The summed E-state index contributed by atoms with van der Waals surface area (Å²) in [6.45, 7) is 2.11. The first-order valence-corrected chi connectivity index (χ1v) is 6.93. The van der Waals surface area contributed by atoms with E-state index in [-0.39, 0.29) is 0 Å². The molecule has 1 aliphatic heterocycles. The summed E-state index contributed by atoms with van der Waals surface area (Å²) in [5, 5.41) is 10.8. The Hall–Kier alpha value is -1.35. The lowest BCUT2D eigenvalue weighted by Gasteiger charge is -2.18. The first-order chi connectivity index (χ1) is 8.88. The maximum atomic E-state index is 5.82. The SMILES string of the molecule is ClCCC1CCN(c2nncc3ccccc23)C1. The third-order valence-corrected chi connectivity index (χ3v) is 3.87. The lowest BCUT2D eigenvalue weighted by Crippen LogP contribution is -2.21. The van der Waals surface area contributed by atoms with E-state index in [0.29, 0.717) is 5.92 Å². The van der Waals surface area contributed by atoms with Gasteiger partial charge in [-0.2, -0.15) is 5.10 Å². The van der Waals surface area contributed by atoms with Crippen LogP contribution >= 0.6 is 11.6 Å². The number of rotatable bonds is 3. The van der Waals surface area contributed by atoms with Crippen molar-refractivity contribution in [3.05, 3.63) is 30.5 Å². The van der Waals surface area contributed by atoms with Crippen molar-refractivity contribution in [2.45, 2.75) is 12.8 Å². The van der Waals surface area contributed by atoms with Gasteiger partial charge in [0.1, 0.15) is 0 Å². The van der Waals surface area contributed by atoms with Crippen LogP contribution in [-0.4, -0.2) is 29.2 Å². The van der Waals surface area contributed by atoms with E-state index in [9.17, 15) is 0 Å². The number of hydrogen-bond donors (Lipinski definition) is 0. The van der Waals surface area contributed by atoms with Gasteiger partial charge in [0.2, 0.25) is 0 Å². The minimum absolute atomic E-state index is 0.697. The zero-order valence-corrected chi connectivity index (χ0v) is 11.0. The van der Waals surface area contributed by atoms with Crippen LogP contribution in [0.5, 0.6) is 0 Å². The smallest absolute Gasteiger partial charge is 0.159 e. The van der Waals surface area contributed by atoms with Crippen LogP contribution in [0.2, 0.25) is 0 Å². The Balaban J connectivity index is 1.91.